The highest BCUT2D eigenvalue weighted by atomic mass is 32.2. The standard InChI is InChI=1S/C35H33NSSi/c1-26-22-29-24-36(34-27(2)14-13-15-28(34)3)25-37-35(29)33(23-26)38(30-16-7-4-8-17-30,31-18-9-5-10-19-31)32-20-11-6-12-21-32/h4-23H,24-25H2,1-3H3. The smallest absolute Gasteiger partial charge is 0.180 e. The van der Waals surface area contributed by atoms with Crippen LogP contribution in [0.5, 0.6) is 0 Å². The summed E-state index contributed by atoms with van der Waals surface area (Å²) in [6, 6.07) is 45.4. The second-order valence-electron chi connectivity index (χ2n) is 10.4. The lowest BCUT2D eigenvalue weighted by atomic mass is 10.1. The second-order valence-corrected chi connectivity index (χ2v) is 15.1. The van der Waals surface area contributed by atoms with Gasteiger partial charge in [0.1, 0.15) is 0 Å². The van der Waals surface area contributed by atoms with Gasteiger partial charge < -0.3 is 4.90 Å². The topological polar surface area (TPSA) is 3.24 Å². The van der Waals surface area contributed by atoms with E-state index in [0.29, 0.717) is 0 Å². The van der Waals surface area contributed by atoms with Crippen LogP contribution in [-0.4, -0.2) is 14.0 Å². The normalized spacial score (nSPS) is 13.3. The fourth-order valence-corrected chi connectivity index (χ4v) is 12.9. The zero-order chi connectivity index (χ0) is 26.1. The molecule has 1 nitrogen and oxygen atoms in total. The number of aryl methyl sites for hydroxylation is 3. The lowest BCUT2D eigenvalue weighted by Gasteiger charge is -2.39. The minimum absolute atomic E-state index is 0.936. The zero-order valence-electron chi connectivity index (χ0n) is 22.3. The van der Waals surface area contributed by atoms with Gasteiger partial charge in [-0.15, -0.1) is 11.8 Å². The fraction of sp³-hybridized carbons (Fsp3) is 0.143. The highest BCUT2D eigenvalue weighted by molar-refractivity contribution is 7.99. The summed E-state index contributed by atoms with van der Waals surface area (Å²) in [6.07, 6.45) is 0. The van der Waals surface area contributed by atoms with E-state index in [4.69, 9.17) is 0 Å². The predicted molar refractivity (Wildman–Crippen MR) is 168 cm³/mol. The molecule has 0 fully saturated rings. The van der Waals surface area contributed by atoms with Gasteiger partial charge in [-0.05, 0) is 58.2 Å². The molecule has 0 aromatic heterocycles. The number of benzene rings is 5. The molecule has 0 saturated heterocycles. The van der Waals surface area contributed by atoms with Crippen LogP contribution >= 0.6 is 11.8 Å². The highest BCUT2D eigenvalue weighted by Crippen LogP contribution is 2.36. The average molecular weight is 528 g/mol. The van der Waals surface area contributed by atoms with Crippen molar-refractivity contribution in [1.29, 1.82) is 0 Å². The van der Waals surface area contributed by atoms with E-state index in [1.165, 1.54) is 53.6 Å². The number of nitrogens with zero attached hydrogens (tertiary/aromatic N) is 1. The summed E-state index contributed by atoms with van der Waals surface area (Å²) >= 11 is 2.02. The lowest BCUT2D eigenvalue weighted by Crippen LogP contribution is -2.75. The van der Waals surface area contributed by atoms with E-state index in [-0.39, 0.29) is 0 Å². The minimum Gasteiger partial charge on any atom is -0.357 e. The molecule has 5 aromatic carbocycles. The summed E-state index contributed by atoms with van der Waals surface area (Å²) in [5, 5.41) is 5.82. The van der Waals surface area contributed by atoms with E-state index in [2.05, 4.69) is 147 Å². The first kappa shape index (κ1) is 24.8. The number of hydrogen-bond donors (Lipinski definition) is 0. The molecule has 6 rings (SSSR count). The Morgan fingerprint density at radius 3 is 1.61 bits per heavy atom. The first-order chi connectivity index (χ1) is 18.6. The molecular weight excluding hydrogens is 495 g/mol. The average Bonchev–Trinajstić information content (AvgIpc) is 2.95. The quantitative estimate of drug-likeness (QED) is 0.202. The van der Waals surface area contributed by atoms with Gasteiger partial charge in [0.2, 0.25) is 0 Å². The Morgan fingerprint density at radius 2 is 1.11 bits per heavy atom. The van der Waals surface area contributed by atoms with E-state index < -0.39 is 8.07 Å². The first-order valence-electron chi connectivity index (χ1n) is 13.3. The molecule has 0 saturated carbocycles. The van der Waals surface area contributed by atoms with E-state index in [0.717, 1.165) is 12.4 Å². The molecule has 0 bridgehead atoms. The van der Waals surface area contributed by atoms with Crippen LogP contribution < -0.4 is 25.6 Å². The van der Waals surface area contributed by atoms with Crippen molar-refractivity contribution in [2.75, 3.05) is 10.8 Å². The molecule has 0 N–H and O–H groups in total. The summed E-state index contributed by atoms with van der Waals surface area (Å²) < 4.78 is 0. The summed E-state index contributed by atoms with van der Waals surface area (Å²) in [4.78, 5) is 4.04. The molecule has 0 atom stereocenters. The Labute approximate surface area is 232 Å². The van der Waals surface area contributed by atoms with Gasteiger partial charge in [0, 0.05) is 17.1 Å². The van der Waals surface area contributed by atoms with Crippen LogP contribution in [0, 0.1) is 20.8 Å². The molecule has 5 aromatic rings. The van der Waals surface area contributed by atoms with Crippen molar-refractivity contribution in [3.05, 3.63) is 144 Å². The van der Waals surface area contributed by atoms with Crippen LogP contribution in [0.25, 0.3) is 0 Å². The largest absolute Gasteiger partial charge is 0.357 e. The molecule has 0 aliphatic carbocycles. The second kappa shape index (κ2) is 10.3. The van der Waals surface area contributed by atoms with Gasteiger partial charge in [0.05, 0.1) is 5.88 Å². The van der Waals surface area contributed by atoms with E-state index in [9.17, 15) is 0 Å². The molecule has 1 heterocycles. The molecule has 3 heteroatoms. The Bertz CT molecular complexity index is 1450. The third-order valence-electron chi connectivity index (χ3n) is 7.82. The van der Waals surface area contributed by atoms with Crippen molar-refractivity contribution in [1.82, 2.24) is 0 Å². The van der Waals surface area contributed by atoms with E-state index in [1.54, 1.807) is 0 Å². The van der Waals surface area contributed by atoms with Gasteiger partial charge in [-0.2, -0.15) is 0 Å². The number of hydrogen-bond acceptors (Lipinski definition) is 2. The van der Waals surface area contributed by atoms with Crippen molar-refractivity contribution in [3.8, 4) is 0 Å². The van der Waals surface area contributed by atoms with E-state index >= 15 is 0 Å². The van der Waals surface area contributed by atoms with Crippen LogP contribution in [-0.2, 0) is 6.54 Å². The maximum atomic E-state index is 2.57. The maximum Gasteiger partial charge on any atom is 0.180 e. The van der Waals surface area contributed by atoms with Gasteiger partial charge in [-0.3, -0.25) is 0 Å². The van der Waals surface area contributed by atoms with E-state index in [1.807, 2.05) is 11.8 Å². The number of para-hydroxylation sites is 1. The molecule has 0 amide bonds. The molecule has 0 spiro atoms. The first-order valence-corrected chi connectivity index (χ1v) is 16.3. The third kappa shape index (κ3) is 4.20. The van der Waals surface area contributed by atoms with Crippen LogP contribution in [0.2, 0.25) is 0 Å². The molecule has 1 aliphatic rings. The third-order valence-corrected chi connectivity index (χ3v) is 14.0. The van der Waals surface area contributed by atoms with Crippen LogP contribution in [0.15, 0.2) is 126 Å². The predicted octanol–water partition coefficient (Wildman–Crippen LogP) is 6.06. The maximum absolute atomic E-state index is 2.57. The Hall–Kier alpha value is -3.53. The number of fused-ring (bicyclic) bond motifs is 1. The summed E-state index contributed by atoms with van der Waals surface area (Å²) in [5.41, 5.74) is 6.86. The van der Waals surface area contributed by atoms with Gasteiger partial charge in [0.15, 0.2) is 8.07 Å². The Morgan fingerprint density at radius 1 is 0.605 bits per heavy atom. The van der Waals surface area contributed by atoms with Crippen molar-refractivity contribution in [2.24, 2.45) is 0 Å². The van der Waals surface area contributed by atoms with Gasteiger partial charge in [0.25, 0.3) is 0 Å². The van der Waals surface area contributed by atoms with Crippen LogP contribution in [0.3, 0.4) is 0 Å². The highest BCUT2D eigenvalue weighted by Gasteiger charge is 2.44. The van der Waals surface area contributed by atoms with Gasteiger partial charge in [-0.25, -0.2) is 0 Å². The summed E-state index contributed by atoms with van der Waals surface area (Å²) in [6.45, 7) is 7.68. The Kier molecular flexibility index (Phi) is 6.73. The van der Waals surface area contributed by atoms with Gasteiger partial charge >= 0.3 is 0 Å². The van der Waals surface area contributed by atoms with Crippen molar-refractivity contribution < 1.29 is 0 Å². The SMILES string of the molecule is Cc1cc2c(c([Si](c3ccccc3)(c3ccccc3)c3ccccc3)c1)SCN(c1c(C)cccc1C)C2. The van der Waals surface area contributed by atoms with Crippen molar-refractivity contribution in [3.63, 3.8) is 0 Å². The summed E-state index contributed by atoms with van der Waals surface area (Å²) in [5.74, 6) is 0.956. The lowest BCUT2D eigenvalue weighted by molar-refractivity contribution is 0.858. The summed E-state index contributed by atoms with van der Waals surface area (Å²) in [7, 11) is -2.57. The van der Waals surface area contributed by atoms with Crippen molar-refractivity contribution >= 4 is 46.3 Å². The zero-order valence-corrected chi connectivity index (χ0v) is 24.1. The molecule has 0 unspecified atom stereocenters. The fourth-order valence-electron chi connectivity index (χ4n) is 6.29. The molecule has 1 aliphatic heterocycles. The number of rotatable bonds is 5. The Balaban J connectivity index is 1.62. The monoisotopic (exact) mass is 527 g/mol. The van der Waals surface area contributed by atoms with Gasteiger partial charge in [-0.1, -0.05) is 127 Å². The number of thioether (sulfide) groups is 1. The molecular formula is C35H33NSSi. The number of anilines is 1. The molecule has 38 heavy (non-hydrogen) atoms. The molecule has 188 valence electrons. The minimum atomic E-state index is -2.57. The van der Waals surface area contributed by atoms with Crippen LogP contribution in [0.1, 0.15) is 22.3 Å². The van der Waals surface area contributed by atoms with Crippen molar-refractivity contribution in [2.45, 2.75) is 32.2 Å². The molecule has 0 radical (unpaired) electrons. The van der Waals surface area contributed by atoms with Crippen LogP contribution in [0.4, 0.5) is 5.69 Å².